The highest BCUT2D eigenvalue weighted by atomic mass is 35.5. The van der Waals surface area contributed by atoms with Crippen LogP contribution in [-0.2, 0) is 11.2 Å². The first-order valence-electron chi connectivity index (χ1n) is 6.51. The van der Waals surface area contributed by atoms with Crippen LogP contribution in [0.4, 0.5) is 0 Å². The van der Waals surface area contributed by atoms with Crippen LogP contribution in [0.5, 0.6) is 5.75 Å². The van der Waals surface area contributed by atoms with E-state index in [1.165, 1.54) is 0 Å². The summed E-state index contributed by atoms with van der Waals surface area (Å²) >= 11 is 6.05. The van der Waals surface area contributed by atoms with Crippen LogP contribution in [0.2, 0.25) is 5.02 Å². The van der Waals surface area contributed by atoms with Gasteiger partial charge < -0.3 is 14.7 Å². The molecule has 0 aliphatic heterocycles. The van der Waals surface area contributed by atoms with Gasteiger partial charge in [-0.05, 0) is 38.0 Å². The first-order chi connectivity index (χ1) is 9.31. The fraction of sp³-hybridized carbons (Fsp3) is 0.533. The molecule has 0 spiro atoms. The molecule has 0 bridgehead atoms. The van der Waals surface area contributed by atoms with Crippen LogP contribution in [0.15, 0.2) is 18.2 Å². The van der Waals surface area contributed by atoms with Gasteiger partial charge in [0.2, 0.25) is 5.91 Å². The van der Waals surface area contributed by atoms with E-state index in [1.54, 1.807) is 25.1 Å². The SMILES string of the molecule is COc1ccc(CCC(=O)N(C)C(C)(C)CO)cc1Cl. The zero-order valence-electron chi connectivity index (χ0n) is 12.4. The van der Waals surface area contributed by atoms with Crippen molar-refractivity contribution < 1.29 is 14.6 Å². The minimum Gasteiger partial charge on any atom is -0.495 e. The molecule has 0 aliphatic rings. The number of likely N-dealkylation sites (N-methyl/N-ethyl adjacent to an activating group) is 1. The molecule has 20 heavy (non-hydrogen) atoms. The third-order valence-corrected chi connectivity index (χ3v) is 3.81. The zero-order valence-corrected chi connectivity index (χ0v) is 13.2. The topological polar surface area (TPSA) is 49.8 Å². The summed E-state index contributed by atoms with van der Waals surface area (Å²) in [6, 6.07) is 5.50. The number of hydrogen-bond acceptors (Lipinski definition) is 3. The Hall–Kier alpha value is -1.26. The maximum atomic E-state index is 12.1. The lowest BCUT2D eigenvalue weighted by molar-refractivity contribution is -0.135. The van der Waals surface area contributed by atoms with Crippen molar-refractivity contribution in [1.29, 1.82) is 0 Å². The second kappa shape index (κ2) is 6.95. The van der Waals surface area contributed by atoms with Crippen molar-refractivity contribution >= 4 is 17.5 Å². The molecule has 0 fully saturated rings. The lowest BCUT2D eigenvalue weighted by Crippen LogP contribution is -2.47. The van der Waals surface area contributed by atoms with Gasteiger partial charge in [0, 0.05) is 13.5 Å². The molecule has 1 aromatic carbocycles. The van der Waals surface area contributed by atoms with Gasteiger partial charge in [-0.15, -0.1) is 0 Å². The third kappa shape index (κ3) is 4.12. The lowest BCUT2D eigenvalue weighted by atomic mass is 10.0. The molecule has 1 amide bonds. The van der Waals surface area contributed by atoms with Crippen molar-refractivity contribution in [2.45, 2.75) is 32.2 Å². The molecular weight excluding hydrogens is 278 g/mol. The first-order valence-corrected chi connectivity index (χ1v) is 6.89. The zero-order chi connectivity index (χ0) is 15.3. The van der Waals surface area contributed by atoms with E-state index in [9.17, 15) is 9.90 Å². The highest BCUT2D eigenvalue weighted by molar-refractivity contribution is 6.32. The number of benzene rings is 1. The molecule has 112 valence electrons. The van der Waals surface area contributed by atoms with Crippen molar-refractivity contribution in [2.24, 2.45) is 0 Å². The molecule has 0 unspecified atom stereocenters. The Labute approximate surface area is 125 Å². The number of rotatable bonds is 6. The molecule has 0 radical (unpaired) electrons. The van der Waals surface area contributed by atoms with E-state index in [-0.39, 0.29) is 12.5 Å². The number of ether oxygens (including phenoxy) is 1. The molecule has 0 heterocycles. The number of carbonyl (C=O) groups excluding carboxylic acids is 1. The van der Waals surface area contributed by atoms with Gasteiger partial charge in [0.05, 0.1) is 24.3 Å². The predicted molar refractivity (Wildman–Crippen MR) is 80.3 cm³/mol. The van der Waals surface area contributed by atoms with Crippen LogP contribution in [0.25, 0.3) is 0 Å². The largest absolute Gasteiger partial charge is 0.495 e. The van der Waals surface area contributed by atoms with E-state index in [2.05, 4.69) is 0 Å². The number of amides is 1. The van der Waals surface area contributed by atoms with Crippen molar-refractivity contribution in [2.75, 3.05) is 20.8 Å². The number of nitrogens with zero attached hydrogens (tertiary/aromatic N) is 1. The summed E-state index contributed by atoms with van der Waals surface area (Å²) in [6.45, 7) is 3.59. The summed E-state index contributed by atoms with van der Waals surface area (Å²) in [4.78, 5) is 13.7. The molecule has 0 aliphatic carbocycles. The van der Waals surface area contributed by atoms with Gasteiger partial charge in [-0.1, -0.05) is 17.7 Å². The summed E-state index contributed by atoms with van der Waals surface area (Å²) < 4.78 is 5.09. The Balaban J connectivity index is 2.63. The molecule has 4 nitrogen and oxygen atoms in total. The van der Waals surface area contributed by atoms with Crippen molar-refractivity contribution in [3.63, 3.8) is 0 Å². The Morgan fingerprint density at radius 1 is 1.45 bits per heavy atom. The predicted octanol–water partition coefficient (Wildman–Crippen LogP) is 2.51. The minimum atomic E-state index is -0.547. The van der Waals surface area contributed by atoms with E-state index in [1.807, 2.05) is 26.0 Å². The summed E-state index contributed by atoms with van der Waals surface area (Å²) in [5.41, 5.74) is 0.439. The van der Waals surface area contributed by atoms with Gasteiger partial charge in [0.25, 0.3) is 0 Å². The average molecular weight is 300 g/mol. The van der Waals surface area contributed by atoms with Crippen LogP contribution in [0.3, 0.4) is 0 Å². The average Bonchev–Trinajstić information content (AvgIpc) is 2.44. The maximum Gasteiger partial charge on any atom is 0.223 e. The second-order valence-corrected chi connectivity index (χ2v) is 5.80. The summed E-state index contributed by atoms with van der Waals surface area (Å²) in [5, 5.41) is 9.81. The van der Waals surface area contributed by atoms with E-state index in [0.29, 0.717) is 23.6 Å². The molecule has 0 saturated heterocycles. The summed E-state index contributed by atoms with van der Waals surface area (Å²) in [6.07, 6.45) is 0.983. The number of methoxy groups -OCH3 is 1. The van der Waals surface area contributed by atoms with Gasteiger partial charge in [0.15, 0.2) is 0 Å². The smallest absolute Gasteiger partial charge is 0.223 e. The standard InChI is InChI=1S/C15H22ClNO3/c1-15(2,10-18)17(3)14(19)8-6-11-5-7-13(20-4)12(16)9-11/h5,7,9,18H,6,8,10H2,1-4H3. The summed E-state index contributed by atoms with van der Waals surface area (Å²) in [5.74, 6) is 0.622. The Morgan fingerprint density at radius 2 is 2.10 bits per heavy atom. The lowest BCUT2D eigenvalue weighted by Gasteiger charge is -2.34. The number of halogens is 1. The molecule has 1 aromatic rings. The van der Waals surface area contributed by atoms with Crippen LogP contribution in [0.1, 0.15) is 25.8 Å². The van der Waals surface area contributed by atoms with Gasteiger partial charge in [0.1, 0.15) is 5.75 Å². The van der Waals surface area contributed by atoms with Crippen molar-refractivity contribution in [3.05, 3.63) is 28.8 Å². The summed E-state index contributed by atoms with van der Waals surface area (Å²) in [7, 11) is 3.27. The second-order valence-electron chi connectivity index (χ2n) is 5.39. The van der Waals surface area contributed by atoms with Crippen LogP contribution in [0, 0.1) is 0 Å². The molecular formula is C15H22ClNO3. The molecule has 0 atom stereocenters. The Bertz CT molecular complexity index is 474. The van der Waals surface area contributed by atoms with Crippen LogP contribution in [-0.4, -0.2) is 42.2 Å². The highest BCUT2D eigenvalue weighted by Crippen LogP contribution is 2.25. The Morgan fingerprint density at radius 3 is 2.60 bits per heavy atom. The minimum absolute atomic E-state index is 0.00371. The third-order valence-electron chi connectivity index (χ3n) is 3.51. The van der Waals surface area contributed by atoms with E-state index in [4.69, 9.17) is 16.3 Å². The molecule has 0 saturated carbocycles. The number of aryl methyl sites for hydroxylation is 1. The molecule has 0 aromatic heterocycles. The van der Waals surface area contributed by atoms with Crippen LogP contribution >= 0.6 is 11.6 Å². The number of aliphatic hydroxyl groups is 1. The maximum absolute atomic E-state index is 12.1. The van der Waals surface area contributed by atoms with Gasteiger partial charge in [-0.25, -0.2) is 0 Å². The van der Waals surface area contributed by atoms with Gasteiger partial charge in [-0.2, -0.15) is 0 Å². The fourth-order valence-electron chi connectivity index (χ4n) is 1.73. The van der Waals surface area contributed by atoms with E-state index in [0.717, 1.165) is 5.56 Å². The van der Waals surface area contributed by atoms with Gasteiger partial charge in [-0.3, -0.25) is 4.79 Å². The fourth-order valence-corrected chi connectivity index (χ4v) is 2.01. The Kier molecular flexibility index (Phi) is 5.84. The van der Waals surface area contributed by atoms with Crippen molar-refractivity contribution in [3.8, 4) is 5.75 Å². The van der Waals surface area contributed by atoms with Crippen LogP contribution < -0.4 is 4.74 Å². The highest BCUT2D eigenvalue weighted by Gasteiger charge is 2.26. The normalized spacial score (nSPS) is 11.3. The van der Waals surface area contributed by atoms with Crippen molar-refractivity contribution in [1.82, 2.24) is 4.90 Å². The van der Waals surface area contributed by atoms with Gasteiger partial charge >= 0.3 is 0 Å². The van der Waals surface area contributed by atoms with E-state index < -0.39 is 5.54 Å². The molecule has 1 rings (SSSR count). The number of carbonyl (C=O) groups is 1. The number of hydrogen-bond donors (Lipinski definition) is 1. The number of aliphatic hydroxyl groups excluding tert-OH is 1. The first kappa shape index (κ1) is 16.8. The molecule has 1 N–H and O–H groups in total. The van der Waals surface area contributed by atoms with E-state index >= 15 is 0 Å². The quantitative estimate of drug-likeness (QED) is 0.878. The molecule has 5 heteroatoms. The monoisotopic (exact) mass is 299 g/mol.